The zero-order valence-corrected chi connectivity index (χ0v) is 20.1. The summed E-state index contributed by atoms with van der Waals surface area (Å²) in [5.74, 6) is 0.0963. The molecule has 0 amide bonds. The molecule has 5 unspecified atom stereocenters. The van der Waals surface area contributed by atoms with Crippen molar-refractivity contribution in [3.63, 3.8) is 0 Å². The van der Waals surface area contributed by atoms with Gasteiger partial charge >= 0.3 is 7.82 Å². The van der Waals surface area contributed by atoms with Crippen molar-refractivity contribution in [1.29, 1.82) is 0 Å². The van der Waals surface area contributed by atoms with Crippen LogP contribution in [0.15, 0.2) is 40.2 Å². The molecule has 2 aromatic heterocycles. The number of hydrogen-bond acceptors (Lipinski definition) is 11. The first kappa shape index (κ1) is 22.8. The summed E-state index contributed by atoms with van der Waals surface area (Å²) in [4.78, 5) is 22.1. The molecule has 0 spiro atoms. The fraction of sp³-hybridized carbons (Fsp3) is 0.353. The molecule has 13 nitrogen and oxygen atoms in total. The minimum atomic E-state index is -4.45. The quantitative estimate of drug-likeness (QED) is 0.267. The number of aromatic nitrogens is 4. The van der Waals surface area contributed by atoms with Gasteiger partial charge < -0.3 is 15.4 Å². The number of halogens is 1. The second-order valence-electron chi connectivity index (χ2n) is 7.41. The van der Waals surface area contributed by atoms with Gasteiger partial charge in [-0.3, -0.25) is 17.8 Å². The molecule has 0 radical (unpaired) electrons. The molecule has 3 aromatic rings. The maximum atomic E-state index is 13.1. The van der Waals surface area contributed by atoms with Gasteiger partial charge in [-0.25, -0.2) is 19.5 Å². The van der Waals surface area contributed by atoms with Gasteiger partial charge in [0.2, 0.25) is 0 Å². The average molecular weight is 562 g/mol. The van der Waals surface area contributed by atoms with Gasteiger partial charge in [0.05, 0.1) is 11.5 Å². The number of phosphoric ester groups is 1. The molecule has 33 heavy (non-hydrogen) atoms. The first-order chi connectivity index (χ1) is 15.6. The molecule has 16 heteroatoms. The summed E-state index contributed by atoms with van der Waals surface area (Å²) in [7, 11) is -8.77. The van der Waals surface area contributed by atoms with Crippen LogP contribution >= 0.6 is 23.8 Å². The Hall–Kier alpha value is -1.97. The van der Waals surface area contributed by atoms with Gasteiger partial charge in [0.15, 0.2) is 34.0 Å². The van der Waals surface area contributed by atoms with E-state index in [1.807, 2.05) is 6.92 Å². The smallest absolute Gasteiger partial charge is 0.382 e. The molecule has 3 N–H and O–H groups in total. The predicted octanol–water partition coefficient (Wildman–Crippen LogP) is 1.67. The molecule has 5 rings (SSSR count). The standard InChI is InChI=1S/C17H17BrN5O8PS/c1-8-2-4-9(5-3-8)33(26,27)31-13-12-10(6-28-32(24,25)30-12)29-16(13)23-15-11(22-17(23)18)14(19)20-7-21-15/h2-5,7,10,12-13,16H,6H2,1H3,(H,24,25)(H2,19,20,21). The Bertz CT molecular complexity index is 1380. The first-order valence-corrected chi connectivity index (χ1v) is 13.2. The highest BCUT2D eigenvalue weighted by Crippen LogP contribution is 2.53. The van der Waals surface area contributed by atoms with E-state index in [2.05, 4.69) is 30.9 Å². The van der Waals surface area contributed by atoms with Crippen molar-refractivity contribution in [1.82, 2.24) is 19.5 Å². The molecule has 0 bridgehead atoms. The molecular formula is C17H17BrN5O8PS. The Morgan fingerprint density at radius 1 is 1.30 bits per heavy atom. The summed E-state index contributed by atoms with van der Waals surface area (Å²) in [6, 6.07) is 6.03. The predicted molar refractivity (Wildman–Crippen MR) is 115 cm³/mol. The fourth-order valence-electron chi connectivity index (χ4n) is 3.66. The number of rotatable bonds is 4. The highest BCUT2D eigenvalue weighted by atomic mass is 79.9. The lowest BCUT2D eigenvalue weighted by Gasteiger charge is -2.29. The summed E-state index contributed by atoms with van der Waals surface area (Å²) < 4.78 is 61.4. The van der Waals surface area contributed by atoms with Gasteiger partial charge in [0.1, 0.15) is 18.5 Å². The number of anilines is 1. The normalized spacial score (nSPS) is 29.9. The van der Waals surface area contributed by atoms with E-state index in [0.717, 1.165) is 5.56 Å². The number of nitrogens with two attached hydrogens (primary N) is 1. The van der Waals surface area contributed by atoms with Crippen molar-refractivity contribution in [3.05, 3.63) is 40.9 Å². The minimum Gasteiger partial charge on any atom is -0.382 e. The molecular weight excluding hydrogens is 545 g/mol. The molecule has 0 aliphatic carbocycles. The van der Waals surface area contributed by atoms with Gasteiger partial charge in [0, 0.05) is 0 Å². The maximum Gasteiger partial charge on any atom is 0.472 e. The van der Waals surface area contributed by atoms with Crippen molar-refractivity contribution < 1.29 is 35.8 Å². The number of ether oxygens (including phenoxy) is 1. The highest BCUT2D eigenvalue weighted by molar-refractivity contribution is 9.10. The van der Waals surface area contributed by atoms with E-state index in [4.69, 9.17) is 23.7 Å². The Balaban J connectivity index is 1.60. The molecule has 5 atom stereocenters. The maximum absolute atomic E-state index is 13.1. The third kappa shape index (κ3) is 4.08. The summed E-state index contributed by atoms with van der Waals surface area (Å²) >= 11 is 3.30. The summed E-state index contributed by atoms with van der Waals surface area (Å²) in [6.07, 6.45) is -3.52. The molecule has 2 aliphatic rings. The largest absolute Gasteiger partial charge is 0.472 e. The summed E-state index contributed by atoms with van der Waals surface area (Å²) in [5.41, 5.74) is 7.21. The number of aryl methyl sites for hydroxylation is 1. The second kappa shape index (κ2) is 8.06. The van der Waals surface area contributed by atoms with Crippen molar-refractivity contribution >= 4 is 50.9 Å². The van der Waals surface area contributed by atoms with Gasteiger partial charge in [-0.2, -0.15) is 8.42 Å². The summed E-state index contributed by atoms with van der Waals surface area (Å²) in [5, 5.41) is 0. The lowest BCUT2D eigenvalue weighted by Crippen LogP contribution is -2.41. The van der Waals surface area contributed by atoms with Crippen LogP contribution in [-0.2, 0) is 32.7 Å². The fourth-order valence-corrected chi connectivity index (χ4v) is 6.25. The SMILES string of the molecule is Cc1ccc(S(=O)(=O)OC2C3OP(=O)(O)OCC3OC2n2c(Br)nc3c(N)ncnc32)cc1. The number of benzene rings is 1. The number of phosphoric acid groups is 1. The van der Waals surface area contributed by atoms with Crippen LogP contribution in [0.1, 0.15) is 11.8 Å². The zero-order valence-electron chi connectivity index (χ0n) is 16.8. The molecule has 176 valence electrons. The highest BCUT2D eigenvalue weighted by Gasteiger charge is 2.56. The van der Waals surface area contributed by atoms with E-state index in [1.165, 1.54) is 23.0 Å². The van der Waals surface area contributed by atoms with E-state index >= 15 is 0 Å². The van der Waals surface area contributed by atoms with Crippen LogP contribution in [0, 0.1) is 6.92 Å². The Morgan fingerprint density at radius 3 is 2.76 bits per heavy atom. The van der Waals surface area contributed by atoms with Gasteiger partial charge in [-0.05, 0) is 35.0 Å². The van der Waals surface area contributed by atoms with Crippen LogP contribution in [0.3, 0.4) is 0 Å². The molecule has 2 aliphatic heterocycles. The van der Waals surface area contributed by atoms with Crippen LogP contribution in [0.4, 0.5) is 5.82 Å². The Kier molecular flexibility index (Phi) is 5.57. The van der Waals surface area contributed by atoms with E-state index in [9.17, 15) is 17.9 Å². The van der Waals surface area contributed by atoms with Crippen LogP contribution < -0.4 is 5.73 Å². The number of nitrogens with zero attached hydrogens (tertiary/aromatic N) is 4. The topological polar surface area (TPSA) is 178 Å². The first-order valence-electron chi connectivity index (χ1n) is 9.51. The van der Waals surface area contributed by atoms with E-state index in [-0.39, 0.29) is 33.2 Å². The van der Waals surface area contributed by atoms with Gasteiger partial charge in [0.25, 0.3) is 10.1 Å². The molecule has 0 saturated carbocycles. The van der Waals surface area contributed by atoms with Crippen molar-refractivity contribution in [3.8, 4) is 0 Å². The van der Waals surface area contributed by atoms with Crippen molar-refractivity contribution in [2.75, 3.05) is 12.3 Å². The minimum absolute atomic E-state index is 0.0963. The van der Waals surface area contributed by atoms with E-state index in [0.29, 0.717) is 0 Å². The van der Waals surface area contributed by atoms with Gasteiger partial charge in [-0.1, -0.05) is 17.7 Å². The van der Waals surface area contributed by atoms with Crippen LogP contribution in [0.5, 0.6) is 0 Å². The molecule has 4 heterocycles. The number of imidazole rings is 1. The van der Waals surface area contributed by atoms with E-state index in [1.54, 1.807) is 12.1 Å². The molecule has 1 aromatic carbocycles. The zero-order chi connectivity index (χ0) is 23.5. The van der Waals surface area contributed by atoms with Crippen molar-refractivity contribution in [2.24, 2.45) is 0 Å². The molecule has 2 saturated heterocycles. The second-order valence-corrected chi connectivity index (χ2v) is 11.1. The van der Waals surface area contributed by atoms with Crippen LogP contribution in [0.2, 0.25) is 0 Å². The van der Waals surface area contributed by atoms with Crippen LogP contribution in [0.25, 0.3) is 11.2 Å². The number of fused-ring (bicyclic) bond motifs is 2. The lowest BCUT2D eigenvalue weighted by molar-refractivity contribution is -0.0668. The summed E-state index contributed by atoms with van der Waals surface area (Å²) in [6.45, 7) is 1.49. The van der Waals surface area contributed by atoms with Gasteiger partial charge in [-0.15, -0.1) is 0 Å². The third-order valence-corrected chi connectivity index (χ3v) is 8.08. The average Bonchev–Trinajstić information content (AvgIpc) is 3.25. The lowest BCUT2D eigenvalue weighted by atomic mass is 10.1. The Morgan fingerprint density at radius 2 is 2.03 bits per heavy atom. The van der Waals surface area contributed by atoms with Crippen LogP contribution in [-0.4, -0.2) is 57.7 Å². The molecule has 2 fully saturated rings. The third-order valence-electron chi connectivity index (χ3n) is 5.21. The van der Waals surface area contributed by atoms with Crippen molar-refractivity contribution in [2.45, 2.75) is 36.4 Å². The number of hydrogen-bond donors (Lipinski definition) is 2. The number of nitrogen functional groups attached to an aromatic ring is 1. The Labute approximate surface area is 195 Å². The van der Waals surface area contributed by atoms with E-state index < -0.39 is 42.5 Å². The monoisotopic (exact) mass is 561 g/mol.